The number of benzene rings is 1. The highest BCUT2D eigenvalue weighted by Gasteiger charge is 2.21. The number of hydrogen-bond acceptors (Lipinski definition) is 5. The third-order valence-corrected chi connectivity index (χ3v) is 2.28. The van der Waals surface area contributed by atoms with Crippen LogP contribution in [0.4, 0.5) is 0 Å². The SMILES string of the molecule is CC(=O)C(O)C(=O)OCCC(=O)c1ccccc1. The van der Waals surface area contributed by atoms with E-state index in [1.165, 1.54) is 0 Å². The van der Waals surface area contributed by atoms with E-state index in [0.717, 1.165) is 6.92 Å². The van der Waals surface area contributed by atoms with Crippen LogP contribution in [-0.4, -0.2) is 35.4 Å². The number of hydrogen-bond donors (Lipinski definition) is 1. The summed E-state index contributed by atoms with van der Waals surface area (Å²) in [4.78, 5) is 33.4. The summed E-state index contributed by atoms with van der Waals surface area (Å²) in [5, 5.41) is 9.07. The number of esters is 1. The molecule has 0 amide bonds. The molecule has 1 atom stereocenters. The van der Waals surface area contributed by atoms with E-state index in [1.807, 2.05) is 0 Å². The molecule has 5 nitrogen and oxygen atoms in total. The molecule has 1 aromatic rings. The van der Waals surface area contributed by atoms with E-state index in [9.17, 15) is 14.4 Å². The van der Waals surface area contributed by atoms with Gasteiger partial charge in [-0.05, 0) is 6.92 Å². The van der Waals surface area contributed by atoms with Crippen molar-refractivity contribution < 1.29 is 24.2 Å². The fourth-order valence-corrected chi connectivity index (χ4v) is 1.26. The van der Waals surface area contributed by atoms with Crippen molar-refractivity contribution in [3.05, 3.63) is 35.9 Å². The molecule has 0 aliphatic carbocycles. The summed E-state index contributed by atoms with van der Waals surface area (Å²) >= 11 is 0. The average molecular weight is 250 g/mol. The zero-order chi connectivity index (χ0) is 13.5. The van der Waals surface area contributed by atoms with E-state index in [1.54, 1.807) is 30.3 Å². The van der Waals surface area contributed by atoms with Crippen LogP contribution in [0.15, 0.2) is 30.3 Å². The van der Waals surface area contributed by atoms with Gasteiger partial charge in [0.2, 0.25) is 6.10 Å². The number of aliphatic hydroxyl groups is 1. The molecular weight excluding hydrogens is 236 g/mol. The predicted molar refractivity (Wildman–Crippen MR) is 63.0 cm³/mol. The molecule has 96 valence electrons. The number of carbonyl (C=O) groups excluding carboxylic acids is 3. The van der Waals surface area contributed by atoms with Crippen LogP contribution in [-0.2, 0) is 14.3 Å². The molecular formula is C13H14O5. The first-order valence-corrected chi connectivity index (χ1v) is 5.45. The molecule has 0 bridgehead atoms. The second-order valence-corrected chi connectivity index (χ2v) is 3.72. The first-order chi connectivity index (χ1) is 8.52. The molecule has 0 saturated carbocycles. The van der Waals surface area contributed by atoms with E-state index in [0.29, 0.717) is 5.56 Å². The Kier molecular flexibility index (Phi) is 5.20. The van der Waals surface area contributed by atoms with Crippen molar-refractivity contribution in [3.8, 4) is 0 Å². The Hall–Kier alpha value is -2.01. The topological polar surface area (TPSA) is 80.7 Å². The molecule has 0 aromatic heterocycles. The molecule has 0 aliphatic heterocycles. The lowest BCUT2D eigenvalue weighted by atomic mass is 10.1. The molecule has 1 N–H and O–H groups in total. The summed E-state index contributed by atoms with van der Waals surface area (Å²) in [7, 11) is 0. The van der Waals surface area contributed by atoms with Crippen LogP contribution >= 0.6 is 0 Å². The van der Waals surface area contributed by atoms with Gasteiger partial charge in [0.1, 0.15) is 0 Å². The van der Waals surface area contributed by atoms with Gasteiger partial charge in [0.15, 0.2) is 11.6 Å². The predicted octanol–water partition coefficient (Wildman–Crippen LogP) is 0.752. The first-order valence-electron chi connectivity index (χ1n) is 5.45. The Labute approximate surface area is 104 Å². The summed E-state index contributed by atoms with van der Waals surface area (Å²) in [6.07, 6.45) is -1.75. The Bertz CT molecular complexity index is 438. The lowest BCUT2D eigenvalue weighted by molar-refractivity contribution is -0.156. The average Bonchev–Trinajstić information content (AvgIpc) is 2.38. The van der Waals surface area contributed by atoms with Crippen molar-refractivity contribution in [3.63, 3.8) is 0 Å². The number of ether oxygens (including phenoxy) is 1. The molecule has 1 rings (SSSR count). The maximum Gasteiger partial charge on any atom is 0.342 e. The smallest absolute Gasteiger partial charge is 0.342 e. The van der Waals surface area contributed by atoms with E-state index < -0.39 is 17.9 Å². The fourth-order valence-electron chi connectivity index (χ4n) is 1.26. The van der Waals surface area contributed by atoms with Crippen molar-refractivity contribution in [2.24, 2.45) is 0 Å². The highest BCUT2D eigenvalue weighted by Crippen LogP contribution is 2.03. The zero-order valence-electron chi connectivity index (χ0n) is 9.96. The Balaban J connectivity index is 2.37. The van der Waals surface area contributed by atoms with Gasteiger partial charge in [-0.15, -0.1) is 0 Å². The second kappa shape index (κ2) is 6.66. The van der Waals surface area contributed by atoms with Crippen molar-refractivity contribution in [1.82, 2.24) is 0 Å². The van der Waals surface area contributed by atoms with Gasteiger partial charge in [0.25, 0.3) is 0 Å². The number of ketones is 2. The minimum Gasteiger partial charge on any atom is -0.463 e. The van der Waals surface area contributed by atoms with Crippen molar-refractivity contribution in [2.45, 2.75) is 19.4 Å². The molecule has 1 unspecified atom stereocenters. The number of Topliss-reactive ketones (excluding diaryl/α,β-unsaturated/α-hetero) is 2. The molecule has 1 aromatic carbocycles. The second-order valence-electron chi connectivity index (χ2n) is 3.72. The van der Waals surface area contributed by atoms with Crippen LogP contribution in [0, 0.1) is 0 Å². The lowest BCUT2D eigenvalue weighted by Gasteiger charge is -2.07. The molecule has 0 radical (unpaired) electrons. The van der Waals surface area contributed by atoms with Gasteiger partial charge in [-0.1, -0.05) is 30.3 Å². The highest BCUT2D eigenvalue weighted by atomic mass is 16.5. The highest BCUT2D eigenvalue weighted by molar-refractivity contribution is 6.00. The number of aliphatic hydroxyl groups excluding tert-OH is 1. The van der Waals surface area contributed by atoms with Gasteiger partial charge in [-0.3, -0.25) is 9.59 Å². The largest absolute Gasteiger partial charge is 0.463 e. The fraction of sp³-hybridized carbons (Fsp3) is 0.308. The van der Waals surface area contributed by atoms with Crippen LogP contribution in [0.3, 0.4) is 0 Å². The van der Waals surface area contributed by atoms with Crippen LogP contribution in [0.1, 0.15) is 23.7 Å². The summed E-state index contributed by atoms with van der Waals surface area (Å²) in [5.74, 6) is -1.88. The monoisotopic (exact) mass is 250 g/mol. The van der Waals surface area contributed by atoms with Crippen LogP contribution < -0.4 is 0 Å². The maximum absolute atomic E-state index is 11.6. The van der Waals surface area contributed by atoms with E-state index in [4.69, 9.17) is 5.11 Å². The third-order valence-electron chi connectivity index (χ3n) is 2.28. The van der Waals surface area contributed by atoms with E-state index >= 15 is 0 Å². The molecule has 0 heterocycles. The number of rotatable bonds is 6. The van der Waals surface area contributed by atoms with Crippen molar-refractivity contribution >= 4 is 17.5 Å². The van der Waals surface area contributed by atoms with Gasteiger partial charge in [0, 0.05) is 12.0 Å². The van der Waals surface area contributed by atoms with Crippen LogP contribution in [0.2, 0.25) is 0 Å². The summed E-state index contributed by atoms with van der Waals surface area (Å²) in [6.45, 7) is 0.929. The molecule has 0 aliphatic rings. The maximum atomic E-state index is 11.6. The molecule has 0 spiro atoms. The minimum absolute atomic E-state index is 0.0143. The standard InChI is InChI=1S/C13H14O5/c1-9(14)12(16)13(17)18-8-7-11(15)10-5-3-2-4-6-10/h2-6,12,16H,7-8H2,1H3. The molecule has 5 heteroatoms. The Morgan fingerprint density at radius 2 is 1.83 bits per heavy atom. The Morgan fingerprint density at radius 1 is 1.22 bits per heavy atom. The quantitative estimate of drug-likeness (QED) is 0.458. The minimum atomic E-state index is -1.77. The van der Waals surface area contributed by atoms with Crippen molar-refractivity contribution in [1.29, 1.82) is 0 Å². The van der Waals surface area contributed by atoms with Crippen molar-refractivity contribution in [2.75, 3.05) is 6.61 Å². The molecule has 0 fully saturated rings. The normalized spacial score (nSPS) is 11.7. The third kappa shape index (κ3) is 4.10. The number of carbonyl (C=O) groups is 3. The zero-order valence-corrected chi connectivity index (χ0v) is 9.96. The Morgan fingerprint density at radius 3 is 2.39 bits per heavy atom. The van der Waals surface area contributed by atoms with Gasteiger partial charge in [0.05, 0.1) is 6.61 Å². The van der Waals surface area contributed by atoms with Gasteiger partial charge in [-0.25, -0.2) is 4.79 Å². The van der Waals surface area contributed by atoms with E-state index in [2.05, 4.69) is 4.74 Å². The summed E-state index contributed by atoms with van der Waals surface area (Å²) < 4.78 is 4.63. The van der Waals surface area contributed by atoms with Crippen LogP contribution in [0.5, 0.6) is 0 Å². The molecule has 0 saturated heterocycles. The van der Waals surface area contributed by atoms with E-state index in [-0.39, 0.29) is 18.8 Å². The molecule has 18 heavy (non-hydrogen) atoms. The van der Waals surface area contributed by atoms with Gasteiger partial charge < -0.3 is 9.84 Å². The van der Waals surface area contributed by atoms with Gasteiger partial charge in [-0.2, -0.15) is 0 Å². The summed E-state index contributed by atoms with van der Waals surface area (Å²) in [6, 6.07) is 8.58. The first kappa shape index (κ1) is 14.1. The lowest BCUT2D eigenvalue weighted by Crippen LogP contribution is -2.30. The van der Waals surface area contributed by atoms with Gasteiger partial charge >= 0.3 is 5.97 Å². The summed E-state index contributed by atoms with van der Waals surface area (Å²) in [5.41, 5.74) is 0.528. The van der Waals surface area contributed by atoms with Crippen LogP contribution in [0.25, 0.3) is 0 Å².